The van der Waals surface area contributed by atoms with Crippen LogP contribution in [0, 0.1) is 0 Å². The molecule has 0 aliphatic rings. The van der Waals surface area contributed by atoms with Crippen LogP contribution in [0.15, 0.2) is 24.3 Å². The van der Waals surface area contributed by atoms with Crippen molar-refractivity contribution in [2.24, 2.45) is 0 Å². The van der Waals surface area contributed by atoms with Crippen LogP contribution in [0.3, 0.4) is 0 Å². The van der Waals surface area contributed by atoms with E-state index in [9.17, 15) is 9.59 Å². The highest BCUT2D eigenvalue weighted by atomic mass is 32.2. The third-order valence-electron chi connectivity index (χ3n) is 2.94. The fourth-order valence-corrected chi connectivity index (χ4v) is 2.35. The first-order valence-corrected chi connectivity index (χ1v) is 8.15. The van der Waals surface area contributed by atoms with Crippen molar-refractivity contribution in [2.45, 2.75) is 13.8 Å². The Morgan fingerprint density at radius 2 is 1.81 bits per heavy atom. The number of amides is 2. The van der Waals surface area contributed by atoms with Crippen LogP contribution in [-0.2, 0) is 4.79 Å². The largest absolute Gasteiger partial charge is 0.396 e. The summed E-state index contributed by atoms with van der Waals surface area (Å²) in [6.07, 6.45) is 0. The minimum absolute atomic E-state index is 0.00335. The Labute approximate surface area is 129 Å². The van der Waals surface area contributed by atoms with E-state index in [-0.39, 0.29) is 18.4 Å². The summed E-state index contributed by atoms with van der Waals surface area (Å²) in [5.41, 5.74) is 1.28. The van der Waals surface area contributed by atoms with Crippen molar-refractivity contribution >= 4 is 29.3 Å². The van der Waals surface area contributed by atoms with E-state index in [1.165, 1.54) is 11.8 Å². The molecule has 0 bridgehead atoms. The van der Waals surface area contributed by atoms with E-state index >= 15 is 0 Å². The zero-order valence-electron chi connectivity index (χ0n) is 12.5. The Balaban J connectivity index is 2.57. The van der Waals surface area contributed by atoms with Gasteiger partial charge in [0.15, 0.2) is 0 Å². The van der Waals surface area contributed by atoms with Gasteiger partial charge in [-0.05, 0) is 38.1 Å². The second-order valence-corrected chi connectivity index (χ2v) is 5.48. The van der Waals surface area contributed by atoms with Gasteiger partial charge in [0.05, 0.1) is 12.4 Å². The summed E-state index contributed by atoms with van der Waals surface area (Å²) in [6, 6.07) is 6.89. The van der Waals surface area contributed by atoms with Crippen LogP contribution < -0.4 is 5.32 Å². The molecule has 0 radical (unpaired) electrons. The number of nitrogens with one attached hydrogen (secondary N) is 1. The zero-order valence-corrected chi connectivity index (χ0v) is 13.3. The summed E-state index contributed by atoms with van der Waals surface area (Å²) in [4.78, 5) is 25.5. The number of carbonyl (C=O) groups excluding carboxylic acids is 2. The Hall–Kier alpha value is -1.53. The predicted molar refractivity (Wildman–Crippen MR) is 86.7 cm³/mol. The van der Waals surface area contributed by atoms with Gasteiger partial charge < -0.3 is 15.3 Å². The molecule has 0 aliphatic carbocycles. The number of hydrogen-bond donors (Lipinski definition) is 2. The summed E-state index contributed by atoms with van der Waals surface area (Å²) >= 11 is 1.38. The second-order valence-electron chi connectivity index (χ2n) is 4.38. The van der Waals surface area contributed by atoms with E-state index in [1.807, 2.05) is 13.8 Å². The van der Waals surface area contributed by atoms with Crippen LogP contribution in [0.5, 0.6) is 0 Å². The quantitative estimate of drug-likeness (QED) is 0.719. The maximum atomic E-state index is 12.1. The number of benzene rings is 1. The van der Waals surface area contributed by atoms with Crippen molar-refractivity contribution in [3.05, 3.63) is 29.8 Å². The average Bonchev–Trinajstić information content (AvgIpc) is 2.49. The molecule has 0 aromatic heterocycles. The molecule has 116 valence electrons. The Bertz CT molecular complexity index is 458. The lowest BCUT2D eigenvalue weighted by Gasteiger charge is -2.18. The molecule has 0 heterocycles. The number of aliphatic hydroxyl groups is 1. The molecule has 0 saturated carbocycles. The molecule has 0 saturated heterocycles. The lowest BCUT2D eigenvalue weighted by molar-refractivity contribution is -0.113. The number of nitrogens with zero attached hydrogens (tertiary/aromatic N) is 1. The third kappa shape index (κ3) is 5.77. The lowest BCUT2D eigenvalue weighted by Crippen LogP contribution is -2.30. The summed E-state index contributed by atoms with van der Waals surface area (Å²) in [5, 5.41) is 11.4. The predicted octanol–water partition coefficient (Wildman–Crippen LogP) is 1.83. The fraction of sp³-hybridized carbons (Fsp3) is 0.467. The molecule has 0 unspecified atom stereocenters. The molecule has 0 fully saturated rings. The number of anilines is 1. The fourth-order valence-electron chi connectivity index (χ4n) is 1.82. The highest BCUT2D eigenvalue weighted by Crippen LogP contribution is 2.12. The Morgan fingerprint density at radius 1 is 1.19 bits per heavy atom. The zero-order chi connectivity index (χ0) is 15.7. The highest BCUT2D eigenvalue weighted by Gasteiger charge is 2.12. The number of thioether (sulfide) groups is 1. The van der Waals surface area contributed by atoms with Gasteiger partial charge in [-0.15, -0.1) is 11.8 Å². The normalized spacial score (nSPS) is 10.2. The van der Waals surface area contributed by atoms with Gasteiger partial charge in [-0.3, -0.25) is 9.59 Å². The molecule has 6 heteroatoms. The van der Waals surface area contributed by atoms with Crippen molar-refractivity contribution < 1.29 is 14.7 Å². The van der Waals surface area contributed by atoms with Gasteiger partial charge in [0.2, 0.25) is 5.91 Å². The monoisotopic (exact) mass is 310 g/mol. The molecule has 5 nitrogen and oxygen atoms in total. The molecule has 2 amide bonds. The number of aliphatic hydroxyl groups excluding tert-OH is 1. The van der Waals surface area contributed by atoms with Gasteiger partial charge in [-0.2, -0.15) is 0 Å². The van der Waals surface area contributed by atoms with E-state index in [2.05, 4.69) is 5.32 Å². The van der Waals surface area contributed by atoms with Crippen LogP contribution in [-0.4, -0.2) is 53.0 Å². The highest BCUT2D eigenvalue weighted by molar-refractivity contribution is 7.99. The Kier molecular flexibility index (Phi) is 7.85. The summed E-state index contributed by atoms with van der Waals surface area (Å²) in [6.45, 7) is 5.31. The molecule has 1 aromatic carbocycles. The molecule has 1 rings (SSSR count). The van der Waals surface area contributed by atoms with Crippen LogP contribution in [0.4, 0.5) is 5.69 Å². The van der Waals surface area contributed by atoms with Crippen molar-refractivity contribution in [1.82, 2.24) is 4.90 Å². The van der Waals surface area contributed by atoms with Gasteiger partial charge in [0.25, 0.3) is 5.91 Å². The summed E-state index contributed by atoms with van der Waals surface area (Å²) in [5.74, 6) is 0.735. The van der Waals surface area contributed by atoms with Gasteiger partial charge in [0.1, 0.15) is 0 Å². The molecule has 2 N–H and O–H groups in total. The van der Waals surface area contributed by atoms with Crippen LogP contribution in [0.2, 0.25) is 0 Å². The first-order chi connectivity index (χ1) is 10.1. The van der Waals surface area contributed by atoms with Crippen LogP contribution in [0.25, 0.3) is 0 Å². The lowest BCUT2D eigenvalue weighted by atomic mass is 10.2. The minimum atomic E-state index is -0.115. The molecule has 0 spiro atoms. The Morgan fingerprint density at radius 3 is 2.33 bits per heavy atom. The first kappa shape index (κ1) is 17.5. The average molecular weight is 310 g/mol. The van der Waals surface area contributed by atoms with Crippen LogP contribution >= 0.6 is 11.8 Å². The van der Waals surface area contributed by atoms with E-state index < -0.39 is 0 Å². The summed E-state index contributed by atoms with van der Waals surface area (Å²) < 4.78 is 0. The van der Waals surface area contributed by atoms with Gasteiger partial charge >= 0.3 is 0 Å². The standard InChI is InChI=1S/C15H22N2O3S/c1-3-17(4-2)15(20)12-5-7-13(8-6-12)16-14(19)11-21-10-9-18/h5-8,18H,3-4,9-11H2,1-2H3,(H,16,19). The maximum absolute atomic E-state index is 12.1. The van der Waals surface area contributed by atoms with Gasteiger partial charge in [0, 0.05) is 30.1 Å². The molecule has 0 aliphatic heterocycles. The number of rotatable bonds is 8. The maximum Gasteiger partial charge on any atom is 0.253 e. The molecule has 21 heavy (non-hydrogen) atoms. The van der Waals surface area contributed by atoms with Crippen molar-refractivity contribution in [2.75, 3.05) is 36.5 Å². The molecule has 0 atom stereocenters. The molecular formula is C15H22N2O3S. The van der Waals surface area contributed by atoms with E-state index in [0.29, 0.717) is 35.8 Å². The molecular weight excluding hydrogens is 288 g/mol. The van der Waals surface area contributed by atoms with Crippen molar-refractivity contribution in [1.29, 1.82) is 0 Å². The minimum Gasteiger partial charge on any atom is -0.396 e. The molecule has 1 aromatic rings. The third-order valence-corrected chi connectivity index (χ3v) is 3.87. The second kappa shape index (κ2) is 9.41. The van der Waals surface area contributed by atoms with E-state index in [1.54, 1.807) is 29.2 Å². The van der Waals surface area contributed by atoms with Gasteiger partial charge in [-0.1, -0.05) is 0 Å². The van der Waals surface area contributed by atoms with Crippen LogP contribution in [0.1, 0.15) is 24.2 Å². The van der Waals surface area contributed by atoms with Crippen molar-refractivity contribution in [3.8, 4) is 0 Å². The van der Waals surface area contributed by atoms with E-state index in [0.717, 1.165) is 0 Å². The first-order valence-electron chi connectivity index (χ1n) is 7.00. The smallest absolute Gasteiger partial charge is 0.253 e. The van der Waals surface area contributed by atoms with Gasteiger partial charge in [-0.25, -0.2) is 0 Å². The SMILES string of the molecule is CCN(CC)C(=O)c1ccc(NC(=O)CSCCO)cc1. The topological polar surface area (TPSA) is 69.6 Å². The van der Waals surface area contributed by atoms with Crippen molar-refractivity contribution in [3.63, 3.8) is 0 Å². The number of hydrogen-bond acceptors (Lipinski definition) is 4. The van der Waals surface area contributed by atoms with E-state index in [4.69, 9.17) is 5.11 Å². The summed E-state index contributed by atoms with van der Waals surface area (Å²) in [7, 11) is 0. The number of carbonyl (C=O) groups is 2.